The number of unbranched alkanes of at least 4 members (excludes halogenated alkanes) is 2. The van der Waals surface area contributed by atoms with Gasteiger partial charge in [-0.05, 0) is 31.6 Å². The molecule has 0 radical (unpaired) electrons. The zero-order valence-electron chi connectivity index (χ0n) is 14.7. The summed E-state index contributed by atoms with van der Waals surface area (Å²) >= 11 is 0. The van der Waals surface area contributed by atoms with Crippen LogP contribution in [-0.4, -0.2) is 39.2 Å². The smallest absolute Gasteiger partial charge is 0.305 e. The van der Waals surface area contributed by atoms with Gasteiger partial charge >= 0.3 is 5.97 Å². The Balaban J connectivity index is 0.00000484. The van der Waals surface area contributed by atoms with Crippen LogP contribution in [-0.2, 0) is 9.53 Å². The van der Waals surface area contributed by atoms with Crippen LogP contribution in [0.3, 0.4) is 0 Å². The van der Waals surface area contributed by atoms with E-state index in [0.717, 1.165) is 44.2 Å². The van der Waals surface area contributed by atoms with Gasteiger partial charge in [-0.25, -0.2) is 0 Å². The number of hydrogen-bond donors (Lipinski definition) is 2. The maximum absolute atomic E-state index is 11.0. The van der Waals surface area contributed by atoms with Gasteiger partial charge in [0.2, 0.25) is 0 Å². The molecule has 0 unspecified atom stereocenters. The van der Waals surface area contributed by atoms with Crippen molar-refractivity contribution < 1.29 is 9.53 Å². The number of hydrogen-bond acceptors (Lipinski definition) is 3. The van der Waals surface area contributed by atoms with Crippen molar-refractivity contribution in [1.29, 1.82) is 0 Å². The molecule has 1 aliphatic rings. The van der Waals surface area contributed by atoms with E-state index in [4.69, 9.17) is 0 Å². The van der Waals surface area contributed by atoms with Gasteiger partial charge in [0.05, 0.1) is 7.11 Å². The highest BCUT2D eigenvalue weighted by Gasteiger charge is 2.13. The van der Waals surface area contributed by atoms with E-state index < -0.39 is 0 Å². The SMILES string of the molecule is CN=C(NCCCCCC(=O)OC)NCCCC1CCCC1.I. The fourth-order valence-corrected chi connectivity index (χ4v) is 3.00. The van der Waals surface area contributed by atoms with E-state index in [2.05, 4.69) is 20.4 Å². The Morgan fingerprint density at radius 2 is 1.74 bits per heavy atom. The predicted molar refractivity (Wildman–Crippen MR) is 106 cm³/mol. The Labute approximate surface area is 158 Å². The first-order valence-electron chi connectivity index (χ1n) is 8.77. The maximum atomic E-state index is 11.0. The number of ether oxygens (including phenoxy) is 1. The molecule has 0 saturated heterocycles. The Hall–Kier alpha value is -0.530. The van der Waals surface area contributed by atoms with Gasteiger partial charge in [-0.15, -0.1) is 24.0 Å². The third-order valence-electron chi connectivity index (χ3n) is 4.36. The average Bonchev–Trinajstić information content (AvgIpc) is 3.05. The van der Waals surface area contributed by atoms with Crippen LogP contribution in [0.1, 0.15) is 64.2 Å². The number of halogens is 1. The molecule has 0 aromatic rings. The Kier molecular flexibility index (Phi) is 14.7. The summed E-state index contributed by atoms with van der Waals surface area (Å²) in [4.78, 5) is 15.2. The van der Waals surface area contributed by atoms with Crippen LogP contribution in [0.25, 0.3) is 0 Å². The van der Waals surface area contributed by atoms with Crippen molar-refractivity contribution in [2.24, 2.45) is 10.9 Å². The van der Waals surface area contributed by atoms with Crippen LogP contribution < -0.4 is 10.6 Å². The van der Waals surface area contributed by atoms with Crippen molar-refractivity contribution >= 4 is 35.9 Å². The molecule has 1 saturated carbocycles. The predicted octanol–water partition coefficient (Wildman–Crippen LogP) is 3.47. The molecule has 0 spiro atoms. The Morgan fingerprint density at radius 1 is 1.09 bits per heavy atom. The second-order valence-corrected chi connectivity index (χ2v) is 6.11. The minimum absolute atomic E-state index is 0. The number of guanidine groups is 1. The van der Waals surface area contributed by atoms with Crippen molar-refractivity contribution in [2.45, 2.75) is 64.2 Å². The van der Waals surface area contributed by atoms with E-state index in [9.17, 15) is 4.79 Å². The number of esters is 1. The largest absolute Gasteiger partial charge is 0.469 e. The van der Waals surface area contributed by atoms with Gasteiger partial charge in [-0.2, -0.15) is 0 Å². The fourth-order valence-electron chi connectivity index (χ4n) is 3.00. The lowest BCUT2D eigenvalue weighted by Crippen LogP contribution is -2.38. The molecule has 0 bridgehead atoms. The fraction of sp³-hybridized carbons (Fsp3) is 0.882. The molecule has 0 amide bonds. The molecule has 1 rings (SSSR count). The van der Waals surface area contributed by atoms with Gasteiger partial charge in [-0.3, -0.25) is 9.79 Å². The third-order valence-corrected chi connectivity index (χ3v) is 4.36. The third kappa shape index (κ3) is 11.6. The molecule has 23 heavy (non-hydrogen) atoms. The normalized spacial score (nSPS) is 15.1. The number of rotatable bonds is 10. The lowest BCUT2D eigenvalue weighted by molar-refractivity contribution is -0.140. The molecule has 0 aromatic carbocycles. The number of methoxy groups -OCH3 is 1. The summed E-state index contributed by atoms with van der Waals surface area (Å²) in [5.74, 6) is 1.73. The number of carbonyl (C=O) groups is 1. The maximum Gasteiger partial charge on any atom is 0.305 e. The van der Waals surface area contributed by atoms with Gasteiger partial charge < -0.3 is 15.4 Å². The van der Waals surface area contributed by atoms with Crippen molar-refractivity contribution in [1.82, 2.24) is 10.6 Å². The van der Waals surface area contributed by atoms with Crippen LogP contribution in [0.4, 0.5) is 0 Å². The molecule has 2 N–H and O–H groups in total. The summed E-state index contributed by atoms with van der Waals surface area (Å²) in [7, 11) is 3.25. The van der Waals surface area contributed by atoms with Gasteiger partial charge in [0.1, 0.15) is 0 Å². The van der Waals surface area contributed by atoms with Gasteiger partial charge in [0.15, 0.2) is 5.96 Å². The minimum atomic E-state index is -0.118. The molecule has 136 valence electrons. The van der Waals surface area contributed by atoms with E-state index in [0.29, 0.717) is 6.42 Å². The minimum Gasteiger partial charge on any atom is -0.469 e. The molecular formula is C17H34IN3O2. The van der Waals surface area contributed by atoms with Gasteiger partial charge in [0.25, 0.3) is 0 Å². The summed E-state index contributed by atoms with van der Waals surface area (Å²) < 4.78 is 4.62. The van der Waals surface area contributed by atoms with Crippen LogP contribution >= 0.6 is 24.0 Å². The summed E-state index contributed by atoms with van der Waals surface area (Å²) in [6.07, 6.45) is 11.8. The summed E-state index contributed by atoms with van der Waals surface area (Å²) in [6.45, 7) is 1.89. The first-order chi connectivity index (χ1) is 10.8. The van der Waals surface area contributed by atoms with Crippen LogP contribution in [0.15, 0.2) is 4.99 Å². The zero-order valence-corrected chi connectivity index (χ0v) is 17.1. The topological polar surface area (TPSA) is 62.7 Å². The summed E-state index contributed by atoms with van der Waals surface area (Å²) in [5, 5.41) is 6.70. The van der Waals surface area contributed by atoms with Crippen molar-refractivity contribution in [2.75, 3.05) is 27.2 Å². The summed E-state index contributed by atoms with van der Waals surface area (Å²) in [5.41, 5.74) is 0. The van der Waals surface area contributed by atoms with E-state index >= 15 is 0 Å². The monoisotopic (exact) mass is 439 g/mol. The van der Waals surface area contributed by atoms with E-state index in [-0.39, 0.29) is 29.9 Å². The quantitative estimate of drug-likeness (QED) is 0.180. The van der Waals surface area contributed by atoms with Gasteiger partial charge in [0, 0.05) is 26.6 Å². The zero-order chi connectivity index (χ0) is 16.0. The first kappa shape index (κ1) is 22.5. The number of aliphatic imine (C=N–C) groups is 1. The highest BCUT2D eigenvalue weighted by Crippen LogP contribution is 2.28. The highest BCUT2D eigenvalue weighted by molar-refractivity contribution is 14.0. The molecule has 1 aliphatic carbocycles. The Morgan fingerprint density at radius 3 is 2.35 bits per heavy atom. The highest BCUT2D eigenvalue weighted by atomic mass is 127. The second kappa shape index (κ2) is 15.0. The molecular weight excluding hydrogens is 405 g/mol. The van der Waals surface area contributed by atoms with E-state index in [1.165, 1.54) is 45.6 Å². The molecule has 0 atom stereocenters. The van der Waals surface area contributed by atoms with E-state index in [1.807, 2.05) is 7.05 Å². The lowest BCUT2D eigenvalue weighted by atomic mass is 10.0. The molecule has 0 aromatic heterocycles. The van der Waals surface area contributed by atoms with E-state index in [1.54, 1.807) is 0 Å². The number of nitrogens with zero attached hydrogens (tertiary/aromatic N) is 1. The summed E-state index contributed by atoms with van der Waals surface area (Å²) in [6, 6.07) is 0. The molecule has 6 heteroatoms. The standard InChI is InChI=1S/C17H33N3O2.HI/c1-18-17(19-13-7-3-4-12-16(21)22-2)20-14-8-11-15-9-5-6-10-15;/h15H,3-14H2,1-2H3,(H2,18,19,20);1H. The second-order valence-electron chi connectivity index (χ2n) is 6.11. The van der Waals surface area contributed by atoms with Crippen LogP contribution in [0, 0.1) is 5.92 Å². The van der Waals surface area contributed by atoms with Crippen LogP contribution in [0.2, 0.25) is 0 Å². The number of carbonyl (C=O) groups excluding carboxylic acids is 1. The lowest BCUT2D eigenvalue weighted by Gasteiger charge is -2.13. The van der Waals surface area contributed by atoms with Crippen LogP contribution in [0.5, 0.6) is 0 Å². The average molecular weight is 439 g/mol. The van der Waals surface area contributed by atoms with Crippen molar-refractivity contribution in [3.63, 3.8) is 0 Å². The molecule has 0 heterocycles. The van der Waals surface area contributed by atoms with Gasteiger partial charge in [-0.1, -0.05) is 32.1 Å². The van der Waals surface area contributed by atoms with Crippen molar-refractivity contribution in [3.05, 3.63) is 0 Å². The first-order valence-corrected chi connectivity index (χ1v) is 8.77. The number of nitrogens with one attached hydrogen (secondary N) is 2. The molecule has 1 fully saturated rings. The molecule has 0 aliphatic heterocycles. The Bertz CT molecular complexity index is 332. The molecule has 5 nitrogen and oxygen atoms in total. The van der Waals surface area contributed by atoms with Crippen molar-refractivity contribution in [3.8, 4) is 0 Å².